The van der Waals surface area contributed by atoms with Crippen molar-refractivity contribution in [2.75, 3.05) is 7.11 Å². The number of ketones is 2. The van der Waals surface area contributed by atoms with Gasteiger partial charge in [0.25, 0.3) is 0 Å². The fraction of sp³-hybridized carbons (Fsp3) is 0.778. The highest BCUT2D eigenvalue weighted by Crippen LogP contribution is 2.70. The van der Waals surface area contributed by atoms with Crippen molar-refractivity contribution in [3.05, 3.63) is 23.3 Å². The molecule has 3 aliphatic rings. The average molecular weight is 581 g/mol. The van der Waals surface area contributed by atoms with E-state index < -0.39 is 10.8 Å². The molecule has 1 amide bonds. The Labute approximate surface area is 255 Å². The summed E-state index contributed by atoms with van der Waals surface area (Å²) in [5, 5.41) is 9.92. The Bertz CT molecular complexity index is 1210. The lowest BCUT2D eigenvalue weighted by Gasteiger charge is -2.64. The third-order valence-corrected chi connectivity index (χ3v) is 12.8. The van der Waals surface area contributed by atoms with Crippen LogP contribution in [0.2, 0.25) is 0 Å². The first kappa shape index (κ1) is 34.2. The van der Waals surface area contributed by atoms with E-state index in [-0.39, 0.29) is 56.5 Å². The van der Waals surface area contributed by atoms with Crippen LogP contribution in [0.4, 0.5) is 0 Å². The number of amides is 1. The predicted octanol–water partition coefficient (Wildman–Crippen LogP) is 8.08. The highest BCUT2D eigenvalue weighted by molar-refractivity contribution is 6.04. The van der Waals surface area contributed by atoms with Crippen molar-refractivity contribution in [1.82, 2.24) is 5.48 Å². The third-order valence-electron chi connectivity index (χ3n) is 12.8. The first-order valence-electron chi connectivity index (χ1n) is 16.0. The van der Waals surface area contributed by atoms with Gasteiger partial charge in [-0.05, 0) is 78.6 Å². The summed E-state index contributed by atoms with van der Waals surface area (Å²) < 4.78 is 0. The molecule has 234 valence electrons. The van der Waals surface area contributed by atoms with Gasteiger partial charge in [0.05, 0.1) is 12.7 Å². The van der Waals surface area contributed by atoms with Crippen LogP contribution in [-0.2, 0) is 19.2 Å². The van der Waals surface area contributed by atoms with Gasteiger partial charge in [0.15, 0.2) is 11.6 Å². The van der Waals surface area contributed by atoms with E-state index in [9.17, 15) is 19.6 Å². The van der Waals surface area contributed by atoms with E-state index in [1.165, 1.54) is 7.11 Å². The second-order valence-corrected chi connectivity index (χ2v) is 16.1. The van der Waals surface area contributed by atoms with E-state index >= 15 is 0 Å². The fourth-order valence-electron chi connectivity index (χ4n) is 8.69. The molecule has 1 saturated carbocycles. The van der Waals surface area contributed by atoms with E-state index in [2.05, 4.69) is 66.9 Å². The summed E-state index contributed by atoms with van der Waals surface area (Å²) in [5.74, 6) is -0.179. The Morgan fingerprint density at radius 2 is 1.74 bits per heavy atom. The molecule has 0 aromatic heterocycles. The Kier molecular flexibility index (Phi) is 9.52. The molecule has 6 nitrogen and oxygen atoms in total. The molecule has 0 aromatic rings. The molecule has 1 fully saturated rings. The number of rotatable bonds is 11. The summed E-state index contributed by atoms with van der Waals surface area (Å²) in [6.07, 6.45) is 11.6. The van der Waals surface area contributed by atoms with Crippen LogP contribution in [-0.4, -0.2) is 24.6 Å². The number of Topliss-reactive ketones (excluding diaryl/α,β-unsaturated/α-hetero) is 1. The van der Waals surface area contributed by atoms with Crippen LogP contribution in [0.25, 0.3) is 0 Å². The van der Waals surface area contributed by atoms with Gasteiger partial charge >= 0.3 is 0 Å². The lowest BCUT2D eigenvalue weighted by Crippen LogP contribution is -2.59. The molecule has 0 radical (unpaired) electrons. The highest BCUT2D eigenvalue weighted by Gasteiger charge is 2.64. The number of nitrogens with zero attached hydrogens (tertiary/aromatic N) is 1. The molecule has 0 bridgehead atoms. The van der Waals surface area contributed by atoms with Crippen molar-refractivity contribution in [2.24, 2.45) is 44.3 Å². The molecular formula is C36H56N2O4. The van der Waals surface area contributed by atoms with Crippen molar-refractivity contribution < 1.29 is 19.2 Å². The minimum Gasteiger partial charge on any atom is -0.295 e. The standard InChI is InChI=1S/C36H56N2O4/c1-12-31(3,4)17-18-33(7,15-14-29(40)38-42-11)19-20-35(9)24(2)26(39)21-28-34(8)22-25(23-37)30(41)32(5,6)27(34)13-16-36(28,35)10/h21-22,24,27H,12-20H2,1-11H3,(H,38,40)/t24?,27-,33-,34-,35+,36+/m0/s1. The maximum absolute atomic E-state index is 13.8. The average Bonchev–Trinajstić information content (AvgIpc) is 2.92. The molecule has 0 aliphatic heterocycles. The molecular weight excluding hydrogens is 524 g/mol. The van der Waals surface area contributed by atoms with Gasteiger partial charge in [-0.15, -0.1) is 0 Å². The molecule has 6 atom stereocenters. The monoisotopic (exact) mass is 580 g/mol. The van der Waals surface area contributed by atoms with Gasteiger partial charge in [-0.1, -0.05) is 87.3 Å². The molecule has 42 heavy (non-hydrogen) atoms. The minimum atomic E-state index is -0.674. The van der Waals surface area contributed by atoms with Crippen LogP contribution < -0.4 is 5.48 Å². The van der Waals surface area contributed by atoms with Crippen LogP contribution in [0.15, 0.2) is 23.3 Å². The largest absolute Gasteiger partial charge is 0.295 e. The first-order chi connectivity index (χ1) is 19.3. The predicted molar refractivity (Wildman–Crippen MR) is 167 cm³/mol. The number of hydroxylamine groups is 1. The smallest absolute Gasteiger partial charge is 0.243 e. The summed E-state index contributed by atoms with van der Waals surface area (Å²) in [6.45, 7) is 22.0. The number of fused-ring (bicyclic) bond motifs is 3. The molecule has 6 heteroatoms. The van der Waals surface area contributed by atoms with Gasteiger partial charge in [0.2, 0.25) is 5.91 Å². The molecule has 0 saturated heterocycles. The normalized spacial score (nSPS) is 33.9. The zero-order valence-electron chi connectivity index (χ0n) is 28.3. The molecule has 1 unspecified atom stereocenters. The quantitative estimate of drug-likeness (QED) is 0.249. The van der Waals surface area contributed by atoms with Gasteiger partial charge in [-0.25, -0.2) is 5.48 Å². The topological polar surface area (TPSA) is 96.3 Å². The second-order valence-electron chi connectivity index (χ2n) is 16.1. The van der Waals surface area contributed by atoms with Crippen LogP contribution in [0.5, 0.6) is 0 Å². The Morgan fingerprint density at radius 1 is 1.10 bits per heavy atom. The molecule has 0 heterocycles. The summed E-state index contributed by atoms with van der Waals surface area (Å²) in [4.78, 5) is 44.4. The van der Waals surface area contributed by atoms with E-state index in [4.69, 9.17) is 4.84 Å². The number of nitrogens with one attached hydrogen (secondary N) is 1. The Balaban J connectivity index is 2.02. The number of carbonyl (C=O) groups is 3. The van der Waals surface area contributed by atoms with Crippen molar-refractivity contribution in [1.29, 1.82) is 5.26 Å². The van der Waals surface area contributed by atoms with Crippen LogP contribution in [0.3, 0.4) is 0 Å². The molecule has 0 spiro atoms. The maximum Gasteiger partial charge on any atom is 0.243 e. The van der Waals surface area contributed by atoms with Crippen molar-refractivity contribution >= 4 is 17.5 Å². The van der Waals surface area contributed by atoms with E-state index in [0.717, 1.165) is 56.9 Å². The molecule has 0 aromatic carbocycles. The summed E-state index contributed by atoms with van der Waals surface area (Å²) in [5.41, 5.74) is 2.14. The summed E-state index contributed by atoms with van der Waals surface area (Å²) in [7, 11) is 1.46. The highest BCUT2D eigenvalue weighted by atomic mass is 16.6. The fourth-order valence-corrected chi connectivity index (χ4v) is 8.69. The van der Waals surface area contributed by atoms with E-state index in [1.54, 1.807) is 0 Å². The molecule has 1 N–H and O–H groups in total. The van der Waals surface area contributed by atoms with Gasteiger partial charge in [0.1, 0.15) is 6.07 Å². The van der Waals surface area contributed by atoms with Crippen molar-refractivity contribution in [3.63, 3.8) is 0 Å². The number of allylic oxidation sites excluding steroid dienone is 4. The molecule has 3 aliphatic carbocycles. The van der Waals surface area contributed by atoms with Crippen LogP contribution in [0.1, 0.15) is 127 Å². The zero-order valence-corrected chi connectivity index (χ0v) is 28.3. The maximum atomic E-state index is 13.8. The van der Waals surface area contributed by atoms with Gasteiger partial charge in [0, 0.05) is 23.2 Å². The molecule has 3 rings (SSSR count). The number of hydrogen-bond donors (Lipinski definition) is 1. The summed E-state index contributed by atoms with van der Waals surface area (Å²) in [6, 6.07) is 2.18. The van der Waals surface area contributed by atoms with Gasteiger partial charge < -0.3 is 0 Å². The van der Waals surface area contributed by atoms with Crippen molar-refractivity contribution in [2.45, 2.75) is 127 Å². The lowest BCUT2D eigenvalue weighted by molar-refractivity contribution is -0.137. The zero-order chi connectivity index (χ0) is 31.9. The lowest BCUT2D eigenvalue weighted by atomic mass is 9.39. The Morgan fingerprint density at radius 3 is 2.31 bits per heavy atom. The van der Waals surface area contributed by atoms with Crippen molar-refractivity contribution in [3.8, 4) is 6.07 Å². The SMILES string of the molecule is CCC(C)(C)CC[C@](C)(CCC(=O)NOC)CC[C@]1(C)C(C)C(=O)C=C2[C@@]3(C)C=C(C#N)C(=O)C(C)(C)[C@@H]3CC[C@]21C. The number of hydrogen-bond acceptors (Lipinski definition) is 5. The van der Waals surface area contributed by atoms with Crippen LogP contribution >= 0.6 is 0 Å². The first-order valence-corrected chi connectivity index (χ1v) is 16.0. The van der Waals surface area contributed by atoms with Crippen LogP contribution in [0, 0.1) is 55.7 Å². The van der Waals surface area contributed by atoms with Gasteiger partial charge in [-0.2, -0.15) is 5.26 Å². The summed E-state index contributed by atoms with van der Waals surface area (Å²) >= 11 is 0. The Hall–Kier alpha value is -2.26. The second kappa shape index (κ2) is 11.7. The minimum absolute atomic E-state index is 0.0280. The van der Waals surface area contributed by atoms with E-state index in [1.807, 2.05) is 26.0 Å². The number of carbonyl (C=O) groups excluding carboxylic acids is 3. The third kappa shape index (κ3) is 5.80. The van der Waals surface area contributed by atoms with E-state index in [0.29, 0.717) is 6.42 Å². The number of nitriles is 1. The van der Waals surface area contributed by atoms with Gasteiger partial charge in [-0.3, -0.25) is 19.2 Å².